The first kappa shape index (κ1) is 18.8. The van der Waals surface area contributed by atoms with E-state index in [1.165, 1.54) is 10.4 Å². The van der Waals surface area contributed by atoms with Crippen molar-refractivity contribution in [2.45, 2.75) is 0 Å². The molecular weight excluding hydrogens is 456 g/mol. The number of hydrogen-bond acceptors (Lipinski definition) is 5. The summed E-state index contributed by atoms with van der Waals surface area (Å²) in [6.07, 6.45) is 0. The van der Waals surface area contributed by atoms with Gasteiger partial charge in [-0.2, -0.15) is 4.98 Å². The van der Waals surface area contributed by atoms with Gasteiger partial charge in [0.25, 0.3) is 0 Å². The molecule has 6 heteroatoms. The molecule has 5 rings (SSSR count). The van der Waals surface area contributed by atoms with E-state index in [1.807, 2.05) is 30.3 Å². The lowest BCUT2D eigenvalue weighted by Gasteiger charge is -2.11. The van der Waals surface area contributed by atoms with Crippen LogP contribution in [-0.4, -0.2) is 9.97 Å². The number of rotatable bonds is 4. The smallest absolute Gasteiger partial charge is 0.222 e. The molecule has 0 fully saturated rings. The third-order valence-corrected chi connectivity index (χ3v) is 6.24. The Balaban J connectivity index is 1.55. The van der Waals surface area contributed by atoms with Gasteiger partial charge in [-0.3, -0.25) is 0 Å². The predicted molar refractivity (Wildman–Crippen MR) is 130 cm³/mol. The van der Waals surface area contributed by atoms with Crippen molar-refractivity contribution in [2.75, 3.05) is 11.1 Å². The molecule has 0 unspecified atom stereocenters. The Labute approximate surface area is 186 Å². The Morgan fingerprint density at radius 3 is 2.37 bits per heavy atom. The van der Waals surface area contributed by atoms with E-state index in [1.54, 1.807) is 11.3 Å². The molecule has 0 saturated heterocycles. The highest BCUT2D eigenvalue weighted by atomic mass is 79.9. The molecule has 0 saturated carbocycles. The summed E-state index contributed by atoms with van der Waals surface area (Å²) in [5, 5.41) is 6.39. The maximum absolute atomic E-state index is 5.95. The van der Waals surface area contributed by atoms with Crippen molar-refractivity contribution in [3.05, 3.63) is 88.7 Å². The number of hydrogen-bond donors (Lipinski definition) is 2. The van der Waals surface area contributed by atoms with E-state index >= 15 is 0 Å². The molecule has 0 bridgehead atoms. The van der Waals surface area contributed by atoms with E-state index < -0.39 is 0 Å². The molecule has 0 aliphatic rings. The minimum atomic E-state index is 0.244. The van der Waals surface area contributed by atoms with Crippen molar-refractivity contribution in [1.82, 2.24) is 9.97 Å². The molecule has 0 atom stereocenters. The Morgan fingerprint density at radius 1 is 0.800 bits per heavy atom. The van der Waals surface area contributed by atoms with Crippen LogP contribution in [-0.2, 0) is 0 Å². The topological polar surface area (TPSA) is 63.8 Å². The predicted octanol–water partition coefficient (Wildman–Crippen LogP) is 7.11. The fourth-order valence-corrected chi connectivity index (χ4v) is 4.53. The van der Waals surface area contributed by atoms with Crippen molar-refractivity contribution in [3.8, 4) is 21.6 Å². The number of anilines is 3. The number of aromatic nitrogens is 2. The van der Waals surface area contributed by atoms with Crippen LogP contribution in [0.5, 0.6) is 0 Å². The molecule has 0 spiro atoms. The highest BCUT2D eigenvalue weighted by Gasteiger charge is 2.10. The Hall–Kier alpha value is -3.22. The Bertz CT molecular complexity index is 1330. The lowest BCUT2D eigenvalue weighted by molar-refractivity contribution is 1.23. The second-order valence-corrected chi connectivity index (χ2v) is 8.72. The summed E-state index contributed by atoms with van der Waals surface area (Å²) in [6.45, 7) is 0. The maximum Gasteiger partial charge on any atom is 0.222 e. The van der Waals surface area contributed by atoms with E-state index in [0.29, 0.717) is 5.82 Å². The van der Waals surface area contributed by atoms with Gasteiger partial charge < -0.3 is 11.1 Å². The fraction of sp³-hybridized carbons (Fsp3) is 0. The summed E-state index contributed by atoms with van der Waals surface area (Å²) in [6, 6.07) is 26.9. The van der Waals surface area contributed by atoms with Crippen LogP contribution in [0.4, 0.5) is 17.5 Å². The molecule has 2 aromatic heterocycles. The van der Waals surface area contributed by atoms with Crippen molar-refractivity contribution in [2.24, 2.45) is 0 Å². The van der Waals surface area contributed by atoms with Crippen LogP contribution in [0.2, 0.25) is 0 Å². The number of nitrogens with zero attached hydrogens (tertiary/aromatic N) is 2. The second kappa shape index (κ2) is 7.89. The normalized spacial score (nSPS) is 11.0. The summed E-state index contributed by atoms with van der Waals surface area (Å²) < 4.78 is 0.991. The summed E-state index contributed by atoms with van der Waals surface area (Å²) >= 11 is 5.25. The standard InChI is InChI=1S/C24H17BrN4S/c25-18-3-1-4-19(14-18)27-23-20-13-17(10-11-21(20)28-24(26)29-23)15-6-8-16(9-7-15)22-5-2-12-30-22/h1-14H,(H3,26,27,28,29). The van der Waals surface area contributed by atoms with Gasteiger partial charge in [-0.15, -0.1) is 11.3 Å². The van der Waals surface area contributed by atoms with Crippen LogP contribution in [0, 0.1) is 0 Å². The van der Waals surface area contributed by atoms with Crippen molar-refractivity contribution >= 4 is 55.6 Å². The molecule has 4 nitrogen and oxygen atoms in total. The zero-order chi connectivity index (χ0) is 20.5. The number of nitrogen functional groups attached to an aromatic ring is 1. The summed E-state index contributed by atoms with van der Waals surface area (Å²) in [4.78, 5) is 10.1. The van der Waals surface area contributed by atoms with Gasteiger partial charge in [0.15, 0.2) is 0 Å². The molecule has 0 aliphatic carbocycles. The van der Waals surface area contributed by atoms with Gasteiger partial charge in [-0.25, -0.2) is 4.98 Å². The fourth-order valence-electron chi connectivity index (χ4n) is 3.39. The van der Waals surface area contributed by atoms with Crippen molar-refractivity contribution in [1.29, 1.82) is 0 Å². The molecule has 146 valence electrons. The van der Waals surface area contributed by atoms with Gasteiger partial charge in [-0.05, 0) is 58.5 Å². The van der Waals surface area contributed by atoms with Crippen molar-refractivity contribution in [3.63, 3.8) is 0 Å². The van der Waals surface area contributed by atoms with E-state index in [9.17, 15) is 0 Å². The van der Waals surface area contributed by atoms with Crippen LogP contribution >= 0.6 is 27.3 Å². The zero-order valence-corrected chi connectivity index (χ0v) is 18.2. The lowest BCUT2D eigenvalue weighted by atomic mass is 10.0. The van der Waals surface area contributed by atoms with Gasteiger partial charge in [0.05, 0.1) is 5.52 Å². The van der Waals surface area contributed by atoms with E-state index in [2.05, 4.69) is 85.1 Å². The molecule has 0 amide bonds. The number of fused-ring (bicyclic) bond motifs is 1. The van der Waals surface area contributed by atoms with E-state index in [4.69, 9.17) is 5.73 Å². The molecule has 3 aromatic carbocycles. The maximum atomic E-state index is 5.95. The SMILES string of the molecule is Nc1nc(Nc2cccc(Br)c2)c2cc(-c3ccc(-c4cccs4)cc3)ccc2n1. The highest BCUT2D eigenvalue weighted by molar-refractivity contribution is 9.10. The van der Waals surface area contributed by atoms with Gasteiger partial charge in [0.1, 0.15) is 5.82 Å². The van der Waals surface area contributed by atoms with Crippen LogP contribution in [0.25, 0.3) is 32.5 Å². The quantitative estimate of drug-likeness (QED) is 0.292. The molecule has 0 radical (unpaired) electrons. The number of halogens is 1. The monoisotopic (exact) mass is 472 g/mol. The van der Waals surface area contributed by atoms with E-state index in [-0.39, 0.29) is 5.95 Å². The largest absolute Gasteiger partial charge is 0.368 e. The molecular formula is C24H17BrN4S. The summed E-state index contributed by atoms with van der Waals surface area (Å²) in [5.41, 5.74) is 11.1. The van der Waals surface area contributed by atoms with Gasteiger partial charge in [-0.1, -0.05) is 58.4 Å². The van der Waals surface area contributed by atoms with Gasteiger partial charge >= 0.3 is 0 Å². The average molecular weight is 473 g/mol. The van der Waals surface area contributed by atoms with Crippen molar-refractivity contribution < 1.29 is 0 Å². The third kappa shape index (κ3) is 3.79. The first-order chi connectivity index (χ1) is 14.7. The molecule has 5 aromatic rings. The zero-order valence-electron chi connectivity index (χ0n) is 15.8. The Kier molecular flexibility index (Phi) is 4.94. The molecule has 3 N–H and O–H groups in total. The van der Waals surface area contributed by atoms with Gasteiger partial charge in [0, 0.05) is 20.4 Å². The number of thiophene rings is 1. The first-order valence-corrected chi connectivity index (χ1v) is 11.1. The van der Waals surface area contributed by atoms with E-state index in [0.717, 1.165) is 32.2 Å². The highest BCUT2D eigenvalue weighted by Crippen LogP contribution is 2.32. The van der Waals surface area contributed by atoms with Crippen LogP contribution in [0.15, 0.2) is 88.7 Å². The minimum Gasteiger partial charge on any atom is -0.368 e. The number of benzene rings is 3. The summed E-state index contributed by atoms with van der Waals surface area (Å²) in [7, 11) is 0. The second-order valence-electron chi connectivity index (χ2n) is 6.85. The lowest BCUT2D eigenvalue weighted by Crippen LogP contribution is -2.01. The number of nitrogens with two attached hydrogens (primary N) is 1. The van der Waals surface area contributed by atoms with Gasteiger partial charge in [0.2, 0.25) is 5.95 Å². The van der Waals surface area contributed by atoms with Crippen LogP contribution in [0.3, 0.4) is 0 Å². The van der Waals surface area contributed by atoms with Crippen LogP contribution in [0.1, 0.15) is 0 Å². The summed E-state index contributed by atoms with van der Waals surface area (Å²) in [5.74, 6) is 0.931. The molecule has 0 aliphatic heterocycles. The van der Waals surface area contributed by atoms with Crippen LogP contribution < -0.4 is 11.1 Å². The first-order valence-electron chi connectivity index (χ1n) is 9.40. The molecule has 2 heterocycles. The molecule has 30 heavy (non-hydrogen) atoms. The third-order valence-electron chi connectivity index (χ3n) is 4.82. The minimum absolute atomic E-state index is 0.244. The Morgan fingerprint density at radius 2 is 1.60 bits per heavy atom. The number of nitrogens with one attached hydrogen (secondary N) is 1. The average Bonchev–Trinajstić information content (AvgIpc) is 3.29.